The summed E-state index contributed by atoms with van der Waals surface area (Å²) < 4.78 is 5.12. The second-order valence-corrected chi connectivity index (χ2v) is 7.11. The van der Waals surface area contributed by atoms with Gasteiger partial charge in [0.05, 0.1) is 23.2 Å². The molecule has 31 heavy (non-hydrogen) atoms. The second kappa shape index (κ2) is 8.41. The van der Waals surface area contributed by atoms with Gasteiger partial charge < -0.3 is 15.8 Å². The van der Waals surface area contributed by atoms with Crippen molar-refractivity contribution in [2.45, 2.75) is 0 Å². The SMILES string of the molecule is COc1ccc(C(=O)Nc2ncnc3ccc(-c4cccc(C(N)=O)c4)cc23)c(Cl)c1. The zero-order valence-electron chi connectivity index (χ0n) is 16.4. The molecule has 1 aromatic heterocycles. The van der Waals surface area contributed by atoms with E-state index in [2.05, 4.69) is 15.3 Å². The first-order chi connectivity index (χ1) is 15.0. The Labute approximate surface area is 182 Å². The van der Waals surface area contributed by atoms with E-state index in [1.54, 1.807) is 36.4 Å². The molecule has 0 spiro atoms. The highest BCUT2D eigenvalue weighted by Crippen LogP contribution is 2.29. The topological polar surface area (TPSA) is 107 Å². The van der Waals surface area contributed by atoms with Crippen LogP contribution in [-0.4, -0.2) is 28.9 Å². The van der Waals surface area contributed by atoms with Crippen molar-refractivity contribution in [3.63, 3.8) is 0 Å². The first-order valence-corrected chi connectivity index (χ1v) is 9.64. The fourth-order valence-electron chi connectivity index (χ4n) is 3.17. The van der Waals surface area contributed by atoms with Crippen LogP contribution in [0.25, 0.3) is 22.0 Å². The molecule has 4 aromatic rings. The van der Waals surface area contributed by atoms with Gasteiger partial charge in [0.25, 0.3) is 5.91 Å². The minimum atomic E-state index is -0.504. The van der Waals surface area contributed by atoms with Crippen molar-refractivity contribution in [2.24, 2.45) is 5.73 Å². The molecule has 1 heterocycles. The average Bonchev–Trinajstić information content (AvgIpc) is 2.78. The number of ether oxygens (including phenoxy) is 1. The van der Waals surface area contributed by atoms with E-state index in [4.69, 9.17) is 22.1 Å². The van der Waals surface area contributed by atoms with E-state index in [9.17, 15) is 9.59 Å². The maximum atomic E-state index is 12.8. The van der Waals surface area contributed by atoms with Gasteiger partial charge in [-0.25, -0.2) is 9.97 Å². The van der Waals surface area contributed by atoms with Gasteiger partial charge in [0.15, 0.2) is 0 Å². The lowest BCUT2D eigenvalue weighted by Gasteiger charge is -2.11. The number of hydrogen-bond donors (Lipinski definition) is 2. The Morgan fingerprint density at radius 1 is 1.00 bits per heavy atom. The molecule has 0 bridgehead atoms. The predicted octanol–water partition coefficient (Wildman–Crippen LogP) is 4.31. The molecule has 0 aliphatic heterocycles. The molecule has 0 saturated carbocycles. The van der Waals surface area contributed by atoms with Crippen LogP contribution in [0.2, 0.25) is 5.02 Å². The van der Waals surface area contributed by atoms with Gasteiger partial charge in [-0.2, -0.15) is 0 Å². The summed E-state index contributed by atoms with van der Waals surface area (Å²) in [5.74, 6) is -0.0178. The van der Waals surface area contributed by atoms with Crippen LogP contribution in [0.4, 0.5) is 5.82 Å². The van der Waals surface area contributed by atoms with Crippen LogP contribution in [0, 0.1) is 0 Å². The molecule has 7 nitrogen and oxygen atoms in total. The molecule has 3 aromatic carbocycles. The Morgan fingerprint density at radius 3 is 2.55 bits per heavy atom. The lowest BCUT2D eigenvalue weighted by molar-refractivity contribution is 0.0997. The molecular weight excluding hydrogens is 416 g/mol. The molecule has 4 rings (SSSR count). The van der Waals surface area contributed by atoms with Crippen molar-refractivity contribution in [1.82, 2.24) is 9.97 Å². The van der Waals surface area contributed by atoms with E-state index in [1.165, 1.54) is 13.4 Å². The van der Waals surface area contributed by atoms with Crippen LogP contribution in [0.5, 0.6) is 5.75 Å². The maximum Gasteiger partial charge on any atom is 0.258 e. The van der Waals surface area contributed by atoms with E-state index in [0.29, 0.717) is 33.6 Å². The predicted molar refractivity (Wildman–Crippen MR) is 119 cm³/mol. The number of benzene rings is 3. The van der Waals surface area contributed by atoms with E-state index in [-0.39, 0.29) is 5.02 Å². The number of aromatic nitrogens is 2. The Balaban J connectivity index is 1.72. The summed E-state index contributed by atoms with van der Waals surface area (Å²) in [5, 5.41) is 3.70. The van der Waals surface area contributed by atoms with Crippen LogP contribution in [-0.2, 0) is 0 Å². The van der Waals surface area contributed by atoms with Crippen LogP contribution < -0.4 is 15.8 Å². The number of amides is 2. The molecule has 0 aliphatic rings. The first-order valence-electron chi connectivity index (χ1n) is 9.26. The van der Waals surface area contributed by atoms with Gasteiger partial charge in [-0.1, -0.05) is 29.8 Å². The summed E-state index contributed by atoms with van der Waals surface area (Å²) in [5.41, 5.74) is 8.37. The molecule has 0 saturated heterocycles. The minimum Gasteiger partial charge on any atom is -0.497 e. The van der Waals surface area contributed by atoms with Crippen molar-refractivity contribution in [2.75, 3.05) is 12.4 Å². The molecule has 0 radical (unpaired) electrons. The van der Waals surface area contributed by atoms with Crippen LogP contribution in [0.1, 0.15) is 20.7 Å². The normalized spacial score (nSPS) is 10.6. The van der Waals surface area contributed by atoms with Crippen molar-refractivity contribution in [1.29, 1.82) is 0 Å². The Kier molecular flexibility index (Phi) is 5.51. The standard InChI is InChI=1S/C23H17ClN4O3/c1-31-16-6-7-17(19(24)11-16)23(30)28-22-18-10-14(5-8-20(18)26-12-27-22)13-3-2-4-15(9-13)21(25)29/h2-12H,1H3,(H2,25,29)(H,26,27,28,30). The number of hydrogen-bond acceptors (Lipinski definition) is 5. The summed E-state index contributed by atoms with van der Waals surface area (Å²) in [6.07, 6.45) is 1.38. The molecular formula is C23H17ClN4O3. The molecule has 0 fully saturated rings. The smallest absolute Gasteiger partial charge is 0.258 e. The van der Waals surface area contributed by atoms with Crippen LogP contribution >= 0.6 is 11.6 Å². The van der Waals surface area contributed by atoms with Crippen molar-refractivity contribution in [3.05, 3.63) is 83.1 Å². The van der Waals surface area contributed by atoms with E-state index >= 15 is 0 Å². The number of carbonyl (C=O) groups is 2. The van der Waals surface area contributed by atoms with Crippen LogP contribution in [0.3, 0.4) is 0 Å². The molecule has 0 aliphatic carbocycles. The Hall–Kier alpha value is -3.97. The summed E-state index contributed by atoms with van der Waals surface area (Å²) in [7, 11) is 1.52. The van der Waals surface area contributed by atoms with Gasteiger partial charge in [-0.3, -0.25) is 9.59 Å². The third-order valence-corrected chi connectivity index (χ3v) is 5.08. The summed E-state index contributed by atoms with van der Waals surface area (Å²) in [6.45, 7) is 0. The summed E-state index contributed by atoms with van der Waals surface area (Å²) in [4.78, 5) is 32.8. The highest BCUT2D eigenvalue weighted by Gasteiger charge is 2.15. The minimum absolute atomic E-state index is 0.263. The van der Waals surface area contributed by atoms with Gasteiger partial charge in [-0.15, -0.1) is 0 Å². The number of methoxy groups -OCH3 is 1. The molecule has 8 heteroatoms. The van der Waals surface area contributed by atoms with Gasteiger partial charge in [0.1, 0.15) is 17.9 Å². The lowest BCUT2D eigenvalue weighted by Crippen LogP contribution is -2.14. The highest BCUT2D eigenvalue weighted by molar-refractivity contribution is 6.34. The molecule has 0 atom stereocenters. The number of nitrogens with zero attached hydrogens (tertiary/aromatic N) is 2. The number of primary amides is 1. The summed E-state index contributed by atoms with van der Waals surface area (Å²) in [6, 6.07) is 17.3. The third-order valence-electron chi connectivity index (χ3n) is 4.77. The molecule has 3 N–H and O–H groups in total. The first kappa shape index (κ1) is 20.3. The van der Waals surface area contributed by atoms with Crippen molar-refractivity contribution >= 4 is 40.1 Å². The zero-order chi connectivity index (χ0) is 22.0. The number of anilines is 1. The summed E-state index contributed by atoms with van der Waals surface area (Å²) >= 11 is 6.22. The van der Waals surface area contributed by atoms with E-state index in [0.717, 1.165) is 11.1 Å². The quantitative estimate of drug-likeness (QED) is 0.488. The van der Waals surface area contributed by atoms with Crippen molar-refractivity contribution < 1.29 is 14.3 Å². The average molecular weight is 433 g/mol. The third kappa shape index (κ3) is 4.17. The Bertz CT molecular complexity index is 1320. The molecule has 0 unspecified atom stereocenters. The van der Waals surface area contributed by atoms with E-state index < -0.39 is 11.8 Å². The monoisotopic (exact) mass is 432 g/mol. The zero-order valence-corrected chi connectivity index (χ0v) is 17.2. The lowest BCUT2D eigenvalue weighted by atomic mass is 10.0. The fraction of sp³-hybridized carbons (Fsp3) is 0.0435. The Morgan fingerprint density at radius 2 is 1.81 bits per heavy atom. The van der Waals surface area contributed by atoms with Crippen LogP contribution in [0.15, 0.2) is 67.0 Å². The number of carbonyl (C=O) groups excluding carboxylic acids is 2. The maximum absolute atomic E-state index is 12.8. The van der Waals surface area contributed by atoms with Gasteiger partial charge in [0.2, 0.25) is 5.91 Å². The number of nitrogens with two attached hydrogens (primary N) is 1. The van der Waals surface area contributed by atoms with Gasteiger partial charge in [-0.05, 0) is 53.6 Å². The largest absolute Gasteiger partial charge is 0.497 e. The molecule has 154 valence electrons. The second-order valence-electron chi connectivity index (χ2n) is 6.70. The highest BCUT2D eigenvalue weighted by atomic mass is 35.5. The number of fused-ring (bicyclic) bond motifs is 1. The number of halogens is 1. The number of nitrogens with one attached hydrogen (secondary N) is 1. The van der Waals surface area contributed by atoms with Gasteiger partial charge >= 0.3 is 0 Å². The van der Waals surface area contributed by atoms with Gasteiger partial charge in [0, 0.05) is 10.9 Å². The fourth-order valence-corrected chi connectivity index (χ4v) is 3.43. The van der Waals surface area contributed by atoms with Crippen molar-refractivity contribution in [3.8, 4) is 16.9 Å². The number of rotatable bonds is 5. The van der Waals surface area contributed by atoms with E-state index in [1.807, 2.05) is 24.3 Å². The molecule has 2 amide bonds.